The lowest BCUT2D eigenvalue weighted by Crippen LogP contribution is -2.21. The van der Waals surface area contributed by atoms with Gasteiger partial charge in [0.2, 0.25) is 0 Å². The number of rotatable bonds is 1. The first kappa shape index (κ1) is 10.7. The predicted molar refractivity (Wildman–Crippen MR) is 63.2 cm³/mol. The van der Waals surface area contributed by atoms with Crippen molar-refractivity contribution in [2.24, 2.45) is 0 Å². The van der Waals surface area contributed by atoms with E-state index in [1.807, 2.05) is 10.9 Å². The van der Waals surface area contributed by atoms with Crippen LogP contribution in [0.3, 0.4) is 0 Å². The molecule has 1 aliphatic carbocycles. The van der Waals surface area contributed by atoms with Crippen molar-refractivity contribution in [2.45, 2.75) is 37.8 Å². The molecule has 17 heavy (non-hydrogen) atoms. The van der Waals surface area contributed by atoms with Crippen LogP contribution < -0.4 is 0 Å². The Hall–Kier alpha value is -1.42. The Morgan fingerprint density at radius 3 is 2.76 bits per heavy atom. The third-order valence-electron chi connectivity index (χ3n) is 3.52. The summed E-state index contributed by atoms with van der Waals surface area (Å²) in [6.45, 7) is 0. The van der Waals surface area contributed by atoms with Gasteiger partial charge in [-0.3, -0.25) is 4.68 Å². The van der Waals surface area contributed by atoms with E-state index in [-0.39, 0.29) is 11.9 Å². The molecule has 0 unspecified atom stereocenters. The average molecular weight is 234 g/mol. The molecule has 90 valence electrons. The summed E-state index contributed by atoms with van der Waals surface area (Å²) < 4.78 is 15.0. The standard InChI is InChI=1S/C13H15FN2O/c14-10-1-6-13-9(7-10)8-16(15-13)11-2-4-12(17)5-3-11/h1,6-8,11-12,17H,2-5H2. The van der Waals surface area contributed by atoms with Gasteiger partial charge in [-0.1, -0.05) is 0 Å². The van der Waals surface area contributed by atoms with E-state index >= 15 is 0 Å². The number of aromatic nitrogens is 2. The number of aliphatic hydroxyl groups excluding tert-OH is 1. The second-order valence-electron chi connectivity index (χ2n) is 4.77. The molecule has 0 spiro atoms. The molecule has 3 rings (SSSR count). The molecule has 1 heterocycles. The van der Waals surface area contributed by atoms with E-state index in [9.17, 15) is 9.50 Å². The molecule has 1 fully saturated rings. The summed E-state index contributed by atoms with van der Waals surface area (Å²) in [5.74, 6) is -0.226. The molecule has 1 saturated carbocycles. The molecule has 2 aromatic rings. The van der Waals surface area contributed by atoms with Crippen molar-refractivity contribution in [2.75, 3.05) is 0 Å². The molecular formula is C13H15FN2O. The largest absolute Gasteiger partial charge is 0.393 e. The fourth-order valence-corrected chi connectivity index (χ4v) is 2.53. The minimum atomic E-state index is -0.226. The van der Waals surface area contributed by atoms with Crippen molar-refractivity contribution < 1.29 is 9.50 Å². The van der Waals surface area contributed by atoms with Crippen LogP contribution in [-0.2, 0) is 0 Å². The van der Waals surface area contributed by atoms with Crippen molar-refractivity contribution in [3.05, 3.63) is 30.2 Å². The zero-order chi connectivity index (χ0) is 11.8. The third-order valence-corrected chi connectivity index (χ3v) is 3.52. The lowest BCUT2D eigenvalue weighted by molar-refractivity contribution is 0.108. The maximum absolute atomic E-state index is 13.1. The summed E-state index contributed by atoms with van der Waals surface area (Å²) in [6, 6.07) is 4.99. The van der Waals surface area contributed by atoms with Crippen LogP contribution in [0.25, 0.3) is 10.9 Å². The number of hydrogen-bond acceptors (Lipinski definition) is 2. The van der Waals surface area contributed by atoms with Gasteiger partial charge in [0.25, 0.3) is 0 Å². The smallest absolute Gasteiger partial charge is 0.124 e. The van der Waals surface area contributed by atoms with E-state index in [1.165, 1.54) is 12.1 Å². The van der Waals surface area contributed by atoms with Crippen molar-refractivity contribution in [3.63, 3.8) is 0 Å². The molecule has 0 bridgehead atoms. The van der Waals surface area contributed by atoms with Gasteiger partial charge in [0, 0.05) is 11.6 Å². The molecule has 0 saturated heterocycles. The first-order valence-electron chi connectivity index (χ1n) is 6.05. The summed E-state index contributed by atoms with van der Waals surface area (Å²) >= 11 is 0. The van der Waals surface area contributed by atoms with Crippen LogP contribution in [0.1, 0.15) is 31.7 Å². The normalized spacial score (nSPS) is 25.3. The maximum Gasteiger partial charge on any atom is 0.124 e. The Bertz CT molecular complexity index is 529. The van der Waals surface area contributed by atoms with Gasteiger partial charge in [0.1, 0.15) is 5.82 Å². The fraction of sp³-hybridized carbons (Fsp3) is 0.462. The van der Waals surface area contributed by atoms with Gasteiger partial charge < -0.3 is 5.11 Å². The summed E-state index contributed by atoms with van der Waals surface area (Å²) in [5.41, 5.74) is 0.831. The molecule has 0 amide bonds. The zero-order valence-electron chi connectivity index (χ0n) is 9.51. The number of aliphatic hydroxyl groups is 1. The topological polar surface area (TPSA) is 38.0 Å². The van der Waals surface area contributed by atoms with E-state index in [0.717, 1.165) is 36.6 Å². The summed E-state index contributed by atoms with van der Waals surface area (Å²) in [6.07, 6.45) is 5.29. The second-order valence-corrected chi connectivity index (χ2v) is 4.77. The van der Waals surface area contributed by atoms with Crippen molar-refractivity contribution >= 4 is 10.9 Å². The maximum atomic E-state index is 13.1. The number of benzene rings is 1. The molecule has 1 aromatic heterocycles. The molecular weight excluding hydrogens is 219 g/mol. The van der Waals surface area contributed by atoms with E-state index in [1.54, 1.807) is 6.07 Å². The van der Waals surface area contributed by atoms with Crippen LogP contribution in [0.5, 0.6) is 0 Å². The third kappa shape index (κ3) is 2.05. The molecule has 3 nitrogen and oxygen atoms in total. The first-order chi connectivity index (χ1) is 8.22. The quantitative estimate of drug-likeness (QED) is 0.823. The van der Waals surface area contributed by atoms with Crippen LogP contribution in [0, 0.1) is 5.82 Å². The summed E-state index contributed by atoms with van der Waals surface area (Å²) in [7, 11) is 0. The SMILES string of the molecule is OC1CCC(n2cc3cc(F)ccc3n2)CC1. The number of halogens is 1. The summed E-state index contributed by atoms with van der Waals surface area (Å²) in [4.78, 5) is 0. The Morgan fingerprint density at radius 1 is 1.24 bits per heavy atom. The fourth-order valence-electron chi connectivity index (χ4n) is 2.53. The molecule has 1 aliphatic rings. The number of hydrogen-bond donors (Lipinski definition) is 1. The van der Waals surface area contributed by atoms with Crippen molar-refractivity contribution in [1.82, 2.24) is 9.78 Å². The minimum absolute atomic E-state index is 0.159. The first-order valence-corrected chi connectivity index (χ1v) is 6.05. The van der Waals surface area contributed by atoms with Crippen LogP contribution in [0.4, 0.5) is 4.39 Å². The highest BCUT2D eigenvalue weighted by Crippen LogP contribution is 2.29. The van der Waals surface area contributed by atoms with Crippen LogP contribution in [-0.4, -0.2) is 21.0 Å². The van der Waals surface area contributed by atoms with Gasteiger partial charge in [-0.25, -0.2) is 4.39 Å². The highest BCUT2D eigenvalue weighted by Gasteiger charge is 2.21. The van der Waals surface area contributed by atoms with Crippen LogP contribution in [0.2, 0.25) is 0 Å². The van der Waals surface area contributed by atoms with Gasteiger partial charge in [0.15, 0.2) is 0 Å². The Balaban J connectivity index is 1.90. The van der Waals surface area contributed by atoms with E-state index in [0.29, 0.717) is 6.04 Å². The highest BCUT2D eigenvalue weighted by atomic mass is 19.1. The Labute approximate surface area is 98.9 Å². The minimum Gasteiger partial charge on any atom is -0.393 e. The van der Waals surface area contributed by atoms with Crippen LogP contribution in [0.15, 0.2) is 24.4 Å². The Kier molecular flexibility index (Phi) is 2.59. The Morgan fingerprint density at radius 2 is 2.00 bits per heavy atom. The molecule has 0 aliphatic heterocycles. The molecule has 0 atom stereocenters. The van der Waals surface area contributed by atoms with Crippen LogP contribution >= 0.6 is 0 Å². The van der Waals surface area contributed by atoms with E-state index in [2.05, 4.69) is 5.10 Å². The number of fused-ring (bicyclic) bond motifs is 1. The van der Waals surface area contributed by atoms with E-state index in [4.69, 9.17) is 0 Å². The lowest BCUT2D eigenvalue weighted by Gasteiger charge is -2.25. The van der Waals surface area contributed by atoms with Gasteiger partial charge in [0.05, 0.1) is 17.7 Å². The molecule has 1 N–H and O–H groups in total. The second kappa shape index (κ2) is 4.11. The molecule has 4 heteroatoms. The van der Waals surface area contributed by atoms with Gasteiger partial charge in [-0.15, -0.1) is 0 Å². The lowest BCUT2D eigenvalue weighted by atomic mass is 9.93. The number of nitrogens with zero attached hydrogens (tertiary/aromatic N) is 2. The predicted octanol–water partition coefficient (Wildman–Crippen LogP) is 2.65. The van der Waals surface area contributed by atoms with E-state index < -0.39 is 0 Å². The molecule has 0 radical (unpaired) electrons. The zero-order valence-corrected chi connectivity index (χ0v) is 9.51. The molecule has 1 aromatic carbocycles. The van der Waals surface area contributed by atoms with Gasteiger partial charge in [-0.2, -0.15) is 5.10 Å². The van der Waals surface area contributed by atoms with Gasteiger partial charge in [-0.05, 0) is 43.9 Å². The van der Waals surface area contributed by atoms with Crippen molar-refractivity contribution in [3.8, 4) is 0 Å². The van der Waals surface area contributed by atoms with Crippen molar-refractivity contribution in [1.29, 1.82) is 0 Å². The average Bonchev–Trinajstić information content (AvgIpc) is 2.72. The van der Waals surface area contributed by atoms with Gasteiger partial charge >= 0.3 is 0 Å². The monoisotopic (exact) mass is 234 g/mol. The summed E-state index contributed by atoms with van der Waals surface area (Å²) in [5, 5.41) is 14.8. The highest BCUT2D eigenvalue weighted by molar-refractivity contribution is 5.77.